The highest BCUT2D eigenvalue weighted by Crippen LogP contribution is 2.41. The van der Waals surface area contributed by atoms with E-state index in [9.17, 15) is 14.4 Å². The molecule has 3 rings (SSSR count). The first-order valence-electron chi connectivity index (χ1n) is 10.5. The van der Waals surface area contributed by atoms with Crippen LogP contribution in [0.25, 0.3) is 0 Å². The average Bonchev–Trinajstić information content (AvgIpc) is 2.97. The summed E-state index contributed by atoms with van der Waals surface area (Å²) in [7, 11) is 0. The number of rotatable bonds is 7. The number of nitrogens with zero attached hydrogens (tertiary/aromatic N) is 1. The number of hydrogen-bond acceptors (Lipinski definition) is 4. The third-order valence-corrected chi connectivity index (χ3v) is 6.25. The van der Waals surface area contributed by atoms with Gasteiger partial charge in [-0.1, -0.05) is 45.0 Å². The Balaban J connectivity index is 1.67. The van der Waals surface area contributed by atoms with E-state index in [0.29, 0.717) is 24.3 Å². The van der Waals surface area contributed by atoms with Crippen LogP contribution < -0.4 is 5.32 Å². The molecule has 0 unspecified atom stereocenters. The lowest BCUT2D eigenvalue weighted by atomic mass is 9.73. The molecule has 0 aliphatic carbocycles. The van der Waals surface area contributed by atoms with E-state index in [1.807, 2.05) is 51.1 Å². The van der Waals surface area contributed by atoms with Crippen molar-refractivity contribution in [1.82, 2.24) is 10.3 Å². The largest absolute Gasteiger partial charge is 0.296 e. The molecule has 2 amide bonds. The molecule has 1 N–H and O–H groups in total. The van der Waals surface area contributed by atoms with Gasteiger partial charge in [0.15, 0.2) is 5.78 Å². The van der Waals surface area contributed by atoms with E-state index in [0.717, 1.165) is 22.5 Å². The zero-order valence-electron chi connectivity index (χ0n) is 18.4. The lowest BCUT2D eigenvalue weighted by Gasteiger charge is -2.28. The van der Waals surface area contributed by atoms with E-state index in [1.54, 1.807) is 0 Å². The number of carbonyl (C=O) groups excluding carboxylic acids is 3. The number of imide groups is 1. The van der Waals surface area contributed by atoms with Gasteiger partial charge in [0.1, 0.15) is 0 Å². The second-order valence-electron chi connectivity index (χ2n) is 8.93. The van der Waals surface area contributed by atoms with Crippen LogP contribution >= 0.6 is 0 Å². The standard InChI is InChI=1S/C25H30N2O3/c1-15(2)21-13-18(12-16(3)26-21)6-11-22(28)20-9-7-19(8-10-20)17(4)25(5)14-23(29)27-24(25)30/h7-10,12-13,15,17H,6,11,14H2,1-5H3,(H,27,29,30)/t17-,25+/m1/s1. The van der Waals surface area contributed by atoms with Gasteiger partial charge < -0.3 is 0 Å². The fourth-order valence-electron chi connectivity index (χ4n) is 4.01. The number of pyridine rings is 1. The minimum absolute atomic E-state index is 0.0924. The van der Waals surface area contributed by atoms with Gasteiger partial charge in [-0.15, -0.1) is 0 Å². The third-order valence-electron chi connectivity index (χ3n) is 6.25. The maximum absolute atomic E-state index is 12.7. The van der Waals surface area contributed by atoms with Gasteiger partial charge in [0, 0.05) is 29.8 Å². The molecule has 2 heterocycles. The van der Waals surface area contributed by atoms with E-state index in [1.165, 1.54) is 0 Å². The Morgan fingerprint density at radius 2 is 1.80 bits per heavy atom. The first-order valence-corrected chi connectivity index (χ1v) is 10.5. The van der Waals surface area contributed by atoms with Gasteiger partial charge in [0.25, 0.3) is 0 Å². The van der Waals surface area contributed by atoms with E-state index in [2.05, 4.69) is 30.2 Å². The molecule has 1 fully saturated rings. The van der Waals surface area contributed by atoms with E-state index in [4.69, 9.17) is 0 Å². The van der Waals surface area contributed by atoms with Crippen LogP contribution in [0.15, 0.2) is 36.4 Å². The van der Waals surface area contributed by atoms with Gasteiger partial charge >= 0.3 is 0 Å². The van der Waals surface area contributed by atoms with Crippen LogP contribution in [0.3, 0.4) is 0 Å². The third kappa shape index (κ3) is 4.50. The molecule has 1 saturated heterocycles. The molecule has 0 radical (unpaired) electrons. The molecule has 158 valence electrons. The predicted molar refractivity (Wildman–Crippen MR) is 116 cm³/mol. The minimum atomic E-state index is -0.754. The lowest BCUT2D eigenvalue weighted by Crippen LogP contribution is -2.33. The SMILES string of the molecule is Cc1cc(CCC(=O)c2ccc([C@@H](C)[C@]3(C)CC(=O)NC3=O)cc2)cc(C(C)C)n1. The van der Waals surface area contributed by atoms with E-state index in [-0.39, 0.29) is 29.9 Å². The molecule has 1 aromatic heterocycles. The van der Waals surface area contributed by atoms with Crippen molar-refractivity contribution in [2.24, 2.45) is 5.41 Å². The highest BCUT2D eigenvalue weighted by Gasteiger charge is 2.46. The Bertz CT molecular complexity index is 978. The van der Waals surface area contributed by atoms with Crippen molar-refractivity contribution < 1.29 is 14.4 Å². The number of aromatic nitrogens is 1. The Hall–Kier alpha value is -2.82. The lowest BCUT2D eigenvalue weighted by molar-refractivity contribution is -0.128. The summed E-state index contributed by atoms with van der Waals surface area (Å²) in [5.41, 5.74) is 4.03. The zero-order valence-corrected chi connectivity index (χ0v) is 18.4. The Labute approximate surface area is 178 Å². The number of benzene rings is 1. The van der Waals surface area contributed by atoms with Crippen molar-refractivity contribution in [2.45, 2.75) is 65.7 Å². The van der Waals surface area contributed by atoms with Crippen LogP contribution in [0.1, 0.15) is 85.2 Å². The number of Topliss-reactive ketones (excluding diaryl/α,β-unsaturated/α-hetero) is 1. The van der Waals surface area contributed by atoms with Crippen LogP contribution in [0.2, 0.25) is 0 Å². The van der Waals surface area contributed by atoms with Crippen molar-refractivity contribution in [1.29, 1.82) is 0 Å². The molecule has 30 heavy (non-hydrogen) atoms. The number of ketones is 1. The summed E-state index contributed by atoms with van der Waals surface area (Å²) in [6.45, 7) is 9.98. The first kappa shape index (κ1) is 21.9. The molecule has 1 aliphatic heterocycles. The smallest absolute Gasteiger partial charge is 0.233 e. The maximum atomic E-state index is 12.7. The number of aryl methyl sites for hydroxylation is 2. The molecule has 1 aromatic carbocycles. The molecular formula is C25H30N2O3. The highest BCUT2D eigenvalue weighted by atomic mass is 16.2. The second kappa shape index (κ2) is 8.50. The van der Waals surface area contributed by atoms with E-state index < -0.39 is 5.41 Å². The highest BCUT2D eigenvalue weighted by molar-refractivity contribution is 6.06. The van der Waals surface area contributed by atoms with Crippen LogP contribution in [0, 0.1) is 12.3 Å². The molecule has 1 aliphatic rings. The fourth-order valence-corrected chi connectivity index (χ4v) is 4.01. The first-order chi connectivity index (χ1) is 14.1. The Morgan fingerprint density at radius 1 is 1.13 bits per heavy atom. The van der Waals surface area contributed by atoms with Crippen molar-refractivity contribution in [3.8, 4) is 0 Å². The normalized spacial score (nSPS) is 19.8. The van der Waals surface area contributed by atoms with Crippen molar-refractivity contribution in [2.75, 3.05) is 0 Å². The van der Waals surface area contributed by atoms with Gasteiger partial charge in [-0.3, -0.25) is 24.7 Å². The molecule has 0 spiro atoms. The summed E-state index contributed by atoms with van der Waals surface area (Å²) < 4.78 is 0. The van der Waals surface area contributed by atoms with Gasteiger partial charge in [0.05, 0.1) is 5.41 Å². The van der Waals surface area contributed by atoms with Crippen molar-refractivity contribution in [3.63, 3.8) is 0 Å². The van der Waals surface area contributed by atoms with E-state index >= 15 is 0 Å². The zero-order chi connectivity index (χ0) is 22.1. The summed E-state index contributed by atoms with van der Waals surface area (Å²) >= 11 is 0. The van der Waals surface area contributed by atoms with Gasteiger partial charge in [-0.05, 0) is 55.4 Å². The maximum Gasteiger partial charge on any atom is 0.233 e. The molecule has 0 saturated carbocycles. The fraction of sp³-hybridized carbons (Fsp3) is 0.440. The molecule has 5 heteroatoms. The van der Waals surface area contributed by atoms with Crippen LogP contribution in [0.5, 0.6) is 0 Å². The number of nitrogens with one attached hydrogen (secondary N) is 1. The van der Waals surface area contributed by atoms with Gasteiger partial charge in [0.2, 0.25) is 11.8 Å². The van der Waals surface area contributed by atoms with Crippen LogP contribution in [0.4, 0.5) is 0 Å². The van der Waals surface area contributed by atoms with Crippen LogP contribution in [-0.2, 0) is 16.0 Å². The summed E-state index contributed by atoms with van der Waals surface area (Å²) in [4.78, 5) is 41.1. The van der Waals surface area contributed by atoms with Crippen LogP contribution in [-0.4, -0.2) is 22.6 Å². The van der Waals surface area contributed by atoms with Gasteiger partial charge in [-0.2, -0.15) is 0 Å². The topological polar surface area (TPSA) is 76.1 Å². The monoisotopic (exact) mass is 406 g/mol. The molecule has 2 atom stereocenters. The average molecular weight is 407 g/mol. The van der Waals surface area contributed by atoms with Crippen molar-refractivity contribution in [3.05, 3.63) is 64.5 Å². The second-order valence-corrected chi connectivity index (χ2v) is 8.93. The summed E-state index contributed by atoms with van der Waals surface area (Å²) in [6.07, 6.45) is 1.31. The minimum Gasteiger partial charge on any atom is -0.296 e. The molecular weight excluding hydrogens is 376 g/mol. The number of hydrogen-bond donors (Lipinski definition) is 1. The Kier molecular flexibility index (Phi) is 6.20. The molecule has 2 aromatic rings. The summed E-state index contributed by atoms with van der Waals surface area (Å²) in [5.74, 6) is -0.133. The van der Waals surface area contributed by atoms with Crippen molar-refractivity contribution >= 4 is 17.6 Å². The molecule has 5 nitrogen and oxygen atoms in total. The summed E-state index contributed by atoms with van der Waals surface area (Å²) in [5, 5.41) is 2.40. The number of carbonyl (C=O) groups is 3. The summed E-state index contributed by atoms with van der Waals surface area (Å²) in [6, 6.07) is 11.6. The Morgan fingerprint density at radius 3 is 2.37 bits per heavy atom. The van der Waals surface area contributed by atoms with Gasteiger partial charge in [-0.25, -0.2) is 0 Å². The molecule has 0 bridgehead atoms. The predicted octanol–water partition coefficient (Wildman–Crippen LogP) is 4.49. The quantitative estimate of drug-likeness (QED) is 0.543. The number of amides is 2.